The number of halogens is 1. The number of ketones is 1. The summed E-state index contributed by atoms with van der Waals surface area (Å²) in [7, 11) is 1.77. The second kappa shape index (κ2) is 9.70. The van der Waals surface area contributed by atoms with Gasteiger partial charge in [0.25, 0.3) is 5.56 Å². The number of nitrogen functional groups attached to an aromatic ring is 1. The minimum absolute atomic E-state index is 0.0895. The Bertz CT molecular complexity index is 1670. The van der Waals surface area contributed by atoms with E-state index in [0.29, 0.717) is 28.3 Å². The van der Waals surface area contributed by atoms with Crippen LogP contribution < -0.4 is 11.3 Å². The molecule has 0 saturated heterocycles. The Morgan fingerprint density at radius 1 is 0.919 bits per heavy atom. The van der Waals surface area contributed by atoms with Gasteiger partial charge in [-0.15, -0.1) is 0 Å². The molecule has 0 amide bonds. The van der Waals surface area contributed by atoms with E-state index in [4.69, 9.17) is 5.73 Å². The van der Waals surface area contributed by atoms with E-state index in [1.165, 1.54) is 16.8 Å². The van der Waals surface area contributed by atoms with Crippen molar-refractivity contribution in [2.75, 3.05) is 5.73 Å². The Hall–Kier alpha value is -4.78. The van der Waals surface area contributed by atoms with Gasteiger partial charge in [0.05, 0.1) is 5.69 Å². The van der Waals surface area contributed by atoms with Crippen molar-refractivity contribution >= 4 is 11.6 Å². The van der Waals surface area contributed by atoms with Gasteiger partial charge in [0, 0.05) is 36.5 Å². The molecule has 2 heterocycles. The minimum atomic E-state index is -0.333. The fourth-order valence-electron chi connectivity index (χ4n) is 4.50. The van der Waals surface area contributed by atoms with Crippen LogP contribution in [0.5, 0.6) is 0 Å². The highest BCUT2D eigenvalue weighted by molar-refractivity contribution is 5.98. The van der Waals surface area contributed by atoms with Crippen LogP contribution in [0.15, 0.2) is 95.9 Å². The summed E-state index contributed by atoms with van der Waals surface area (Å²) in [5.41, 5.74) is 11.1. The molecule has 5 aromatic rings. The molecule has 7 heteroatoms. The molecule has 2 N–H and O–H groups in total. The van der Waals surface area contributed by atoms with Crippen molar-refractivity contribution in [2.24, 2.45) is 7.05 Å². The number of rotatable bonds is 6. The average molecular weight is 493 g/mol. The Morgan fingerprint density at radius 2 is 1.65 bits per heavy atom. The summed E-state index contributed by atoms with van der Waals surface area (Å²) < 4.78 is 16.9. The second-order valence-corrected chi connectivity index (χ2v) is 8.90. The van der Waals surface area contributed by atoms with E-state index in [2.05, 4.69) is 4.98 Å². The molecule has 0 saturated carbocycles. The predicted molar refractivity (Wildman–Crippen MR) is 143 cm³/mol. The molecular weight excluding hydrogens is 467 g/mol. The van der Waals surface area contributed by atoms with Crippen LogP contribution in [0, 0.1) is 12.7 Å². The van der Waals surface area contributed by atoms with E-state index >= 15 is 0 Å². The number of pyridine rings is 1. The number of carbonyl (C=O) groups is 1. The molecule has 37 heavy (non-hydrogen) atoms. The number of Topliss-reactive ketones (excluding diaryl/α,β-unsaturated/α-hetero) is 1. The molecule has 0 fully saturated rings. The molecule has 0 aliphatic carbocycles. The summed E-state index contributed by atoms with van der Waals surface area (Å²) in [4.78, 5) is 30.7. The fraction of sp³-hybridized carbons (Fsp3) is 0.100. The first-order valence-corrected chi connectivity index (χ1v) is 11.8. The average Bonchev–Trinajstić information content (AvgIpc) is 3.13. The monoisotopic (exact) mass is 492 g/mol. The first-order valence-electron chi connectivity index (χ1n) is 11.8. The van der Waals surface area contributed by atoms with Crippen molar-refractivity contribution < 1.29 is 9.18 Å². The van der Waals surface area contributed by atoms with Gasteiger partial charge in [0.1, 0.15) is 17.2 Å². The van der Waals surface area contributed by atoms with Crippen LogP contribution in [0.1, 0.15) is 21.6 Å². The van der Waals surface area contributed by atoms with E-state index in [0.717, 1.165) is 16.7 Å². The molecule has 5 rings (SSSR count). The van der Waals surface area contributed by atoms with Crippen molar-refractivity contribution in [2.45, 2.75) is 13.3 Å². The van der Waals surface area contributed by atoms with Gasteiger partial charge in [0.15, 0.2) is 5.78 Å². The SMILES string of the molecule is Cc1c(C(=O)Cc2ccc(-c3cc(-c4cccc(F)c4)cnc3N)cc2)c(=O)n(-c2ccccc2)n1C. The zero-order chi connectivity index (χ0) is 26.1. The fourth-order valence-corrected chi connectivity index (χ4v) is 4.50. The Labute approximate surface area is 213 Å². The van der Waals surface area contributed by atoms with Crippen LogP contribution in [0.2, 0.25) is 0 Å². The summed E-state index contributed by atoms with van der Waals surface area (Å²) in [6, 6.07) is 24.8. The molecule has 2 aromatic heterocycles. The molecule has 0 aliphatic heterocycles. The number of aromatic nitrogens is 3. The van der Waals surface area contributed by atoms with Crippen LogP contribution in [-0.2, 0) is 13.5 Å². The summed E-state index contributed by atoms with van der Waals surface area (Å²) in [6.07, 6.45) is 1.71. The van der Waals surface area contributed by atoms with Crippen LogP contribution in [0.25, 0.3) is 27.9 Å². The Morgan fingerprint density at radius 3 is 2.35 bits per heavy atom. The smallest absolute Gasteiger partial charge is 0.282 e. The van der Waals surface area contributed by atoms with E-state index < -0.39 is 0 Å². The second-order valence-electron chi connectivity index (χ2n) is 8.90. The number of carbonyl (C=O) groups excluding carboxylic acids is 1. The predicted octanol–water partition coefficient (Wildman–Crippen LogP) is 5.36. The largest absolute Gasteiger partial charge is 0.383 e. The van der Waals surface area contributed by atoms with Gasteiger partial charge < -0.3 is 5.73 Å². The molecule has 0 bridgehead atoms. The third kappa shape index (κ3) is 4.59. The summed E-state index contributed by atoms with van der Waals surface area (Å²) >= 11 is 0. The lowest BCUT2D eigenvalue weighted by Crippen LogP contribution is -2.23. The maximum atomic E-state index is 13.7. The molecule has 0 radical (unpaired) electrons. The summed E-state index contributed by atoms with van der Waals surface area (Å²) in [6.45, 7) is 1.78. The maximum absolute atomic E-state index is 13.7. The van der Waals surface area contributed by atoms with E-state index in [1.807, 2.05) is 66.7 Å². The number of hydrogen-bond acceptors (Lipinski definition) is 4. The zero-order valence-electron chi connectivity index (χ0n) is 20.5. The third-order valence-electron chi connectivity index (χ3n) is 6.54. The first kappa shape index (κ1) is 23.9. The number of nitrogens with two attached hydrogens (primary N) is 1. The molecule has 0 atom stereocenters. The topological polar surface area (TPSA) is 82.9 Å². The van der Waals surface area contributed by atoms with Crippen molar-refractivity contribution in [3.63, 3.8) is 0 Å². The van der Waals surface area contributed by atoms with Gasteiger partial charge in [-0.25, -0.2) is 14.1 Å². The highest BCUT2D eigenvalue weighted by atomic mass is 19.1. The van der Waals surface area contributed by atoms with Gasteiger partial charge in [0.2, 0.25) is 0 Å². The Balaban J connectivity index is 1.41. The van der Waals surface area contributed by atoms with Gasteiger partial charge in [-0.3, -0.25) is 14.3 Å². The van der Waals surface area contributed by atoms with Crippen LogP contribution >= 0.6 is 0 Å². The summed E-state index contributed by atoms with van der Waals surface area (Å²) in [5, 5.41) is 0. The molecule has 0 aliphatic rings. The molecule has 0 spiro atoms. The molecule has 184 valence electrons. The van der Waals surface area contributed by atoms with Crippen molar-refractivity contribution in [3.8, 4) is 27.9 Å². The van der Waals surface area contributed by atoms with Gasteiger partial charge in [-0.05, 0) is 53.9 Å². The van der Waals surface area contributed by atoms with Crippen LogP contribution in [-0.4, -0.2) is 20.1 Å². The molecule has 3 aromatic carbocycles. The van der Waals surface area contributed by atoms with Crippen LogP contribution in [0.3, 0.4) is 0 Å². The number of nitrogens with zero attached hydrogens (tertiary/aromatic N) is 3. The van der Waals surface area contributed by atoms with Gasteiger partial charge in [-0.2, -0.15) is 0 Å². The molecule has 0 unspecified atom stereocenters. The van der Waals surface area contributed by atoms with E-state index in [1.54, 1.807) is 30.9 Å². The van der Waals surface area contributed by atoms with Crippen LogP contribution in [0.4, 0.5) is 10.2 Å². The number of para-hydroxylation sites is 1. The zero-order valence-corrected chi connectivity index (χ0v) is 20.5. The van der Waals surface area contributed by atoms with E-state index in [9.17, 15) is 14.0 Å². The lowest BCUT2D eigenvalue weighted by atomic mass is 9.98. The lowest BCUT2D eigenvalue weighted by Gasteiger charge is -2.10. The number of hydrogen-bond donors (Lipinski definition) is 1. The standard InChI is InChI=1S/C30H25FN4O2/c1-19-28(30(37)35(34(19)2)25-9-4-3-5-10-25)27(36)15-20-11-13-21(14-12-20)26-17-23(18-33-29(26)32)22-7-6-8-24(31)16-22/h3-14,16-18H,15H2,1-2H3,(H2,32,33). The first-order chi connectivity index (χ1) is 17.8. The lowest BCUT2D eigenvalue weighted by molar-refractivity contribution is 0.0991. The quantitative estimate of drug-likeness (QED) is 0.324. The van der Waals surface area contributed by atoms with E-state index in [-0.39, 0.29) is 29.1 Å². The molecular formula is C30H25FN4O2. The van der Waals surface area contributed by atoms with Crippen molar-refractivity contribution in [1.82, 2.24) is 14.3 Å². The highest BCUT2D eigenvalue weighted by Crippen LogP contribution is 2.30. The van der Waals surface area contributed by atoms with Gasteiger partial charge >= 0.3 is 0 Å². The normalized spacial score (nSPS) is 11.0. The minimum Gasteiger partial charge on any atom is -0.383 e. The number of anilines is 1. The summed E-state index contributed by atoms with van der Waals surface area (Å²) in [5.74, 6) is -0.214. The third-order valence-corrected chi connectivity index (χ3v) is 6.54. The maximum Gasteiger partial charge on any atom is 0.282 e. The Kier molecular flexibility index (Phi) is 6.27. The number of benzene rings is 3. The van der Waals surface area contributed by atoms with Crippen molar-refractivity contribution in [1.29, 1.82) is 0 Å². The van der Waals surface area contributed by atoms with Gasteiger partial charge in [-0.1, -0.05) is 54.6 Å². The van der Waals surface area contributed by atoms with Crippen molar-refractivity contribution in [3.05, 3.63) is 124 Å². The highest BCUT2D eigenvalue weighted by Gasteiger charge is 2.22. The molecule has 6 nitrogen and oxygen atoms in total.